The Morgan fingerprint density at radius 1 is 1.00 bits per heavy atom. The van der Waals surface area contributed by atoms with Gasteiger partial charge in [0, 0.05) is 41.0 Å². The van der Waals surface area contributed by atoms with Crippen LogP contribution < -0.4 is 9.46 Å². The molecule has 4 fully saturated rings. The number of aromatic nitrogens is 1. The number of morpholine rings is 1. The molecule has 2 amide bonds. The van der Waals surface area contributed by atoms with Gasteiger partial charge >= 0.3 is 0 Å². The number of ether oxygens (including phenoxy) is 2. The highest BCUT2D eigenvalue weighted by Crippen LogP contribution is 2.66. The van der Waals surface area contributed by atoms with E-state index < -0.39 is 26.6 Å². The fourth-order valence-electron chi connectivity index (χ4n) is 9.62. The van der Waals surface area contributed by atoms with E-state index in [0.29, 0.717) is 50.6 Å². The van der Waals surface area contributed by atoms with Gasteiger partial charge in [-0.05, 0) is 85.9 Å². The molecule has 3 saturated carbocycles. The van der Waals surface area contributed by atoms with Crippen molar-refractivity contribution in [1.29, 1.82) is 0 Å². The van der Waals surface area contributed by atoms with Gasteiger partial charge in [0.05, 0.1) is 42.7 Å². The molecule has 2 aliphatic heterocycles. The van der Waals surface area contributed by atoms with Crippen molar-refractivity contribution in [2.24, 2.45) is 5.41 Å². The third kappa shape index (κ3) is 5.57. The molecule has 0 spiro atoms. The molecule has 3 heterocycles. The summed E-state index contributed by atoms with van der Waals surface area (Å²) in [6, 6.07) is 12.1. The summed E-state index contributed by atoms with van der Waals surface area (Å²) in [7, 11) is -2.10. The first kappa shape index (κ1) is 32.8. The highest BCUT2D eigenvalue weighted by molar-refractivity contribution is 7.90. The van der Waals surface area contributed by atoms with Gasteiger partial charge in [-0.15, -0.1) is 0 Å². The zero-order valence-electron chi connectivity index (χ0n) is 28.8. The number of hydrogen-bond acceptors (Lipinski definition) is 6. The summed E-state index contributed by atoms with van der Waals surface area (Å²) in [5.74, 6) is 0.787. The number of sulfonamides is 1. The monoisotopic (exact) mass is 687 g/mol. The Morgan fingerprint density at radius 2 is 1.76 bits per heavy atom. The summed E-state index contributed by atoms with van der Waals surface area (Å²) in [6.07, 6.45) is 11.3. The van der Waals surface area contributed by atoms with Crippen LogP contribution in [0.3, 0.4) is 0 Å². The Labute approximate surface area is 289 Å². The number of amides is 2. The molecule has 9 nitrogen and oxygen atoms in total. The summed E-state index contributed by atoms with van der Waals surface area (Å²) in [6.45, 7) is 4.30. The summed E-state index contributed by atoms with van der Waals surface area (Å²) in [5.41, 5.74) is 5.32. The predicted octanol–water partition coefficient (Wildman–Crippen LogP) is 6.88. The van der Waals surface area contributed by atoms with Crippen molar-refractivity contribution < 1.29 is 27.5 Å². The summed E-state index contributed by atoms with van der Waals surface area (Å²) in [5, 5.41) is 0.560. The Hall–Kier alpha value is -3.37. The van der Waals surface area contributed by atoms with E-state index in [-0.39, 0.29) is 17.9 Å². The molecule has 1 aromatic heterocycles. The lowest BCUT2D eigenvalue weighted by Gasteiger charge is -2.38. The lowest BCUT2D eigenvalue weighted by molar-refractivity contribution is -0.146. The molecule has 10 heteroatoms. The third-order valence-electron chi connectivity index (χ3n) is 12.4. The maximum Gasteiger partial charge on any atom is 0.264 e. The number of nitrogens with zero attached hydrogens (tertiary/aromatic N) is 2. The van der Waals surface area contributed by atoms with Crippen molar-refractivity contribution in [2.75, 3.05) is 26.9 Å². The largest absolute Gasteiger partial charge is 0.497 e. The van der Waals surface area contributed by atoms with Gasteiger partial charge in [-0.3, -0.25) is 9.59 Å². The molecule has 3 aromatic rings. The number of methoxy groups -OCH3 is 1. The molecule has 3 aliphatic carbocycles. The average molecular weight is 688 g/mol. The molecule has 5 aliphatic rings. The normalized spacial score (nSPS) is 26.0. The minimum absolute atomic E-state index is 0.0463. The van der Waals surface area contributed by atoms with E-state index in [9.17, 15) is 18.0 Å². The van der Waals surface area contributed by atoms with Gasteiger partial charge in [-0.1, -0.05) is 51.5 Å². The van der Waals surface area contributed by atoms with Crippen LogP contribution in [0.2, 0.25) is 0 Å². The van der Waals surface area contributed by atoms with Crippen molar-refractivity contribution in [3.05, 3.63) is 53.1 Å². The molecular weight excluding hydrogens is 639 g/mol. The van der Waals surface area contributed by atoms with Crippen LogP contribution in [0.4, 0.5) is 0 Å². The maximum absolute atomic E-state index is 14.8. The Morgan fingerprint density at radius 3 is 2.49 bits per heavy atom. The van der Waals surface area contributed by atoms with Crippen LogP contribution in [0.25, 0.3) is 22.2 Å². The SMILES string of the molecule is CCC1COCCN1C(=O)C12CC1c1cc(OC)ccc1-c1c(C3CCCCC3)c3ccc(C(=O)NS(=O)(=O)C4CCCCC4)cc3n1C2. The van der Waals surface area contributed by atoms with Crippen LogP contribution in [0, 0.1) is 5.41 Å². The molecule has 1 saturated heterocycles. The van der Waals surface area contributed by atoms with Gasteiger partial charge < -0.3 is 18.9 Å². The number of rotatable bonds is 7. The van der Waals surface area contributed by atoms with E-state index in [2.05, 4.69) is 33.2 Å². The van der Waals surface area contributed by atoms with Gasteiger partial charge in [0.15, 0.2) is 0 Å². The van der Waals surface area contributed by atoms with Gasteiger partial charge in [-0.2, -0.15) is 0 Å². The van der Waals surface area contributed by atoms with E-state index in [1.165, 1.54) is 24.8 Å². The lowest BCUT2D eigenvalue weighted by Crippen LogP contribution is -2.52. The van der Waals surface area contributed by atoms with Gasteiger partial charge in [0.25, 0.3) is 5.91 Å². The second-order valence-corrected chi connectivity index (χ2v) is 17.1. The highest BCUT2D eigenvalue weighted by Gasteiger charge is 2.64. The smallest absolute Gasteiger partial charge is 0.264 e. The van der Waals surface area contributed by atoms with E-state index in [1.807, 2.05) is 18.2 Å². The number of benzene rings is 2. The van der Waals surface area contributed by atoms with Crippen molar-refractivity contribution in [3.8, 4) is 17.0 Å². The maximum atomic E-state index is 14.8. The van der Waals surface area contributed by atoms with Crippen molar-refractivity contribution in [2.45, 2.75) is 114 Å². The summed E-state index contributed by atoms with van der Waals surface area (Å²) in [4.78, 5) is 30.6. The second kappa shape index (κ2) is 12.7. The van der Waals surface area contributed by atoms with E-state index in [4.69, 9.17) is 9.47 Å². The van der Waals surface area contributed by atoms with Crippen LogP contribution >= 0.6 is 0 Å². The quantitative estimate of drug-likeness (QED) is 0.290. The van der Waals surface area contributed by atoms with Crippen molar-refractivity contribution >= 4 is 32.7 Å². The van der Waals surface area contributed by atoms with Crippen molar-refractivity contribution in [1.82, 2.24) is 14.2 Å². The Balaban J connectivity index is 1.28. The Bertz CT molecular complexity index is 1890. The topological polar surface area (TPSA) is 107 Å². The van der Waals surface area contributed by atoms with Crippen LogP contribution in [-0.4, -0.2) is 67.9 Å². The second-order valence-electron chi connectivity index (χ2n) is 15.2. The number of carbonyl (C=O) groups is 2. The highest BCUT2D eigenvalue weighted by atomic mass is 32.2. The molecule has 3 atom stereocenters. The summed E-state index contributed by atoms with van der Waals surface area (Å²) < 4.78 is 42.8. The fraction of sp³-hybridized carbons (Fsp3) is 0.590. The zero-order valence-corrected chi connectivity index (χ0v) is 29.7. The number of nitrogens with one attached hydrogen (secondary N) is 1. The molecule has 2 aromatic carbocycles. The molecule has 8 rings (SSSR count). The van der Waals surface area contributed by atoms with E-state index in [1.54, 1.807) is 13.2 Å². The standard InChI is InChI=1S/C39H49N3O6S/c1-3-27-23-48-19-18-41(27)38(44)39-22-33(39)32-21-28(47-2)15-17-30(32)36-35(25-10-6-4-7-11-25)31-16-14-26(20-34(31)42(36)24-39)37(43)40-49(45,46)29-12-8-5-9-13-29/h14-17,20-21,25,27,29,33H,3-13,18-19,22-24H2,1-2H3,(H,40,43). The first-order chi connectivity index (χ1) is 23.8. The minimum atomic E-state index is -3.79. The van der Waals surface area contributed by atoms with Crippen molar-refractivity contribution in [3.63, 3.8) is 0 Å². The van der Waals surface area contributed by atoms with Gasteiger partial charge in [-0.25, -0.2) is 13.1 Å². The first-order valence-corrected chi connectivity index (χ1v) is 20.1. The van der Waals surface area contributed by atoms with Crippen LogP contribution in [-0.2, 0) is 26.1 Å². The van der Waals surface area contributed by atoms with Crippen LogP contribution in [0.5, 0.6) is 5.75 Å². The minimum Gasteiger partial charge on any atom is -0.497 e. The number of fused-ring (bicyclic) bond motifs is 7. The fourth-order valence-corrected chi connectivity index (χ4v) is 11.1. The van der Waals surface area contributed by atoms with Gasteiger partial charge in [0.2, 0.25) is 15.9 Å². The molecule has 0 radical (unpaired) electrons. The lowest BCUT2D eigenvalue weighted by atomic mass is 9.81. The Kier molecular flexibility index (Phi) is 8.54. The molecule has 3 unspecified atom stereocenters. The molecule has 262 valence electrons. The molecule has 49 heavy (non-hydrogen) atoms. The average Bonchev–Trinajstić information content (AvgIpc) is 3.81. The molecule has 0 bridgehead atoms. The summed E-state index contributed by atoms with van der Waals surface area (Å²) >= 11 is 0. The molecule has 1 N–H and O–H groups in total. The van der Waals surface area contributed by atoms with E-state index >= 15 is 0 Å². The number of hydrogen-bond donors (Lipinski definition) is 1. The van der Waals surface area contributed by atoms with Gasteiger partial charge in [0.1, 0.15) is 5.75 Å². The predicted molar refractivity (Wildman–Crippen MR) is 189 cm³/mol. The van der Waals surface area contributed by atoms with E-state index in [0.717, 1.165) is 78.4 Å². The van der Waals surface area contributed by atoms with Crippen LogP contribution in [0.15, 0.2) is 36.4 Å². The third-order valence-corrected chi connectivity index (χ3v) is 14.2. The number of carbonyl (C=O) groups excluding carboxylic acids is 2. The zero-order chi connectivity index (χ0) is 33.9. The first-order valence-electron chi connectivity index (χ1n) is 18.5. The molecular formula is C39H49N3O6S. The van der Waals surface area contributed by atoms with Crippen LogP contribution in [0.1, 0.15) is 117 Å².